The van der Waals surface area contributed by atoms with Crippen molar-refractivity contribution in [1.29, 1.82) is 0 Å². The minimum Gasteiger partial charge on any atom is -0.496 e. The molecule has 0 atom stereocenters. The number of rotatable bonds is 4. The summed E-state index contributed by atoms with van der Waals surface area (Å²) < 4.78 is 11.5. The molecule has 0 saturated carbocycles. The Kier molecular flexibility index (Phi) is 4.38. The maximum atomic E-state index is 12.3. The number of amides is 1. The van der Waals surface area contributed by atoms with E-state index in [-0.39, 0.29) is 11.9 Å². The lowest BCUT2D eigenvalue weighted by atomic mass is 10.2. The number of nitrogens with zero attached hydrogens (tertiary/aromatic N) is 2. The van der Waals surface area contributed by atoms with Gasteiger partial charge in [-0.1, -0.05) is 39.2 Å². The Bertz CT molecular complexity index is 848. The van der Waals surface area contributed by atoms with Crippen LogP contribution in [0.4, 0.5) is 6.01 Å². The summed E-state index contributed by atoms with van der Waals surface area (Å²) in [6, 6.07) is 14.3. The molecule has 1 amide bonds. The Morgan fingerprint density at radius 3 is 2.78 bits per heavy atom. The Labute approximate surface area is 140 Å². The molecular formula is C16H12BrN3O3. The fraction of sp³-hybridized carbons (Fsp3) is 0.0625. The van der Waals surface area contributed by atoms with Crippen LogP contribution in [0.2, 0.25) is 0 Å². The van der Waals surface area contributed by atoms with Gasteiger partial charge in [-0.15, -0.1) is 5.10 Å². The van der Waals surface area contributed by atoms with Crippen molar-refractivity contribution in [3.63, 3.8) is 0 Å². The SMILES string of the molecule is COc1ccccc1C(=O)Nc1nnc(-c2cccc(Br)c2)o1. The van der Waals surface area contributed by atoms with Crippen LogP contribution in [0.15, 0.2) is 57.4 Å². The maximum absolute atomic E-state index is 12.3. The molecule has 1 heterocycles. The molecule has 23 heavy (non-hydrogen) atoms. The molecule has 0 aliphatic heterocycles. The van der Waals surface area contributed by atoms with Crippen LogP contribution in [-0.2, 0) is 0 Å². The van der Waals surface area contributed by atoms with Gasteiger partial charge in [0.2, 0.25) is 5.89 Å². The molecule has 1 N–H and O–H groups in total. The number of benzene rings is 2. The van der Waals surface area contributed by atoms with Crippen LogP contribution in [0.25, 0.3) is 11.5 Å². The van der Waals surface area contributed by atoms with E-state index in [2.05, 4.69) is 31.4 Å². The first kappa shape index (κ1) is 15.2. The summed E-state index contributed by atoms with van der Waals surface area (Å²) in [7, 11) is 1.50. The van der Waals surface area contributed by atoms with E-state index in [1.54, 1.807) is 24.3 Å². The topological polar surface area (TPSA) is 77.2 Å². The third-order valence-corrected chi connectivity index (χ3v) is 3.56. The lowest BCUT2D eigenvalue weighted by Crippen LogP contribution is -2.13. The molecule has 0 bridgehead atoms. The van der Waals surface area contributed by atoms with Crippen molar-refractivity contribution in [3.05, 3.63) is 58.6 Å². The Morgan fingerprint density at radius 1 is 1.17 bits per heavy atom. The lowest BCUT2D eigenvalue weighted by molar-refractivity contribution is 0.102. The molecule has 0 aliphatic carbocycles. The molecule has 0 saturated heterocycles. The number of aromatic nitrogens is 2. The Hall–Kier alpha value is -2.67. The quantitative estimate of drug-likeness (QED) is 0.753. The summed E-state index contributed by atoms with van der Waals surface area (Å²) in [5.41, 5.74) is 1.14. The second-order valence-corrected chi connectivity index (χ2v) is 5.49. The minimum absolute atomic E-state index is 0.0240. The Morgan fingerprint density at radius 2 is 2.00 bits per heavy atom. The summed E-state index contributed by atoms with van der Waals surface area (Å²) in [6.45, 7) is 0. The molecule has 7 heteroatoms. The molecule has 1 aromatic heterocycles. The van der Waals surface area contributed by atoms with Crippen molar-refractivity contribution < 1.29 is 13.9 Å². The van der Waals surface area contributed by atoms with E-state index in [1.807, 2.05) is 24.3 Å². The highest BCUT2D eigenvalue weighted by molar-refractivity contribution is 9.10. The van der Waals surface area contributed by atoms with Crippen molar-refractivity contribution >= 4 is 27.9 Å². The Balaban J connectivity index is 1.80. The van der Waals surface area contributed by atoms with Crippen LogP contribution in [-0.4, -0.2) is 23.2 Å². The number of nitrogens with one attached hydrogen (secondary N) is 1. The summed E-state index contributed by atoms with van der Waals surface area (Å²) in [5, 5.41) is 10.3. The molecular weight excluding hydrogens is 362 g/mol. The van der Waals surface area contributed by atoms with E-state index >= 15 is 0 Å². The molecule has 0 fully saturated rings. The first-order chi connectivity index (χ1) is 11.2. The fourth-order valence-electron chi connectivity index (χ4n) is 2.01. The van der Waals surface area contributed by atoms with E-state index in [4.69, 9.17) is 9.15 Å². The molecule has 6 nitrogen and oxygen atoms in total. The van der Waals surface area contributed by atoms with Gasteiger partial charge in [0.1, 0.15) is 5.75 Å². The van der Waals surface area contributed by atoms with Crippen molar-refractivity contribution in [3.8, 4) is 17.2 Å². The second kappa shape index (κ2) is 6.62. The number of anilines is 1. The van der Waals surface area contributed by atoms with Crippen LogP contribution in [0, 0.1) is 0 Å². The highest BCUT2D eigenvalue weighted by atomic mass is 79.9. The summed E-state index contributed by atoms with van der Waals surface area (Å²) in [6.07, 6.45) is 0. The van der Waals surface area contributed by atoms with Crippen molar-refractivity contribution in [2.45, 2.75) is 0 Å². The van der Waals surface area contributed by atoms with Crippen LogP contribution in [0.3, 0.4) is 0 Å². The van der Waals surface area contributed by atoms with Crippen LogP contribution in [0.5, 0.6) is 5.75 Å². The second-order valence-electron chi connectivity index (χ2n) is 4.58. The van der Waals surface area contributed by atoms with Gasteiger partial charge in [0.05, 0.1) is 12.7 Å². The zero-order chi connectivity index (χ0) is 16.2. The number of ether oxygens (including phenoxy) is 1. The molecule has 0 aliphatic rings. The first-order valence-electron chi connectivity index (χ1n) is 6.71. The van der Waals surface area contributed by atoms with Gasteiger partial charge in [-0.2, -0.15) is 0 Å². The zero-order valence-corrected chi connectivity index (χ0v) is 13.7. The third kappa shape index (κ3) is 3.40. The number of carbonyl (C=O) groups is 1. The van der Waals surface area contributed by atoms with Gasteiger partial charge in [0.15, 0.2) is 0 Å². The van der Waals surface area contributed by atoms with Crippen LogP contribution < -0.4 is 10.1 Å². The monoisotopic (exact) mass is 373 g/mol. The van der Waals surface area contributed by atoms with Crippen LogP contribution in [0.1, 0.15) is 10.4 Å². The molecule has 116 valence electrons. The van der Waals surface area contributed by atoms with Gasteiger partial charge in [-0.3, -0.25) is 10.1 Å². The molecule has 0 unspecified atom stereocenters. The molecule has 0 radical (unpaired) electrons. The zero-order valence-electron chi connectivity index (χ0n) is 12.1. The highest BCUT2D eigenvalue weighted by Crippen LogP contribution is 2.24. The summed E-state index contributed by atoms with van der Waals surface area (Å²) in [4.78, 5) is 12.3. The number of carbonyl (C=O) groups excluding carboxylic acids is 1. The average molecular weight is 374 g/mol. The van der Waals surface area contributed by atoms with E-state index in [0.717, 1.165) is 10.0 Å². The molecule has 3 rings (SSSR count). The van der Waals surface area contributed by atoms with Gasteiger partial charge in [0, 0.05) is 10.0 Å². The highest BCUT2D eigenvalue weighted by Gasteiger charge is 2.15. The number of halogens is 1. The third-order valence-electron chi connectivity index (χ3n) is 3.07. The van der Waals surface area contributed by atoms with E-state index in [0.29, 0.717) is 17.2 Å². The van der Waals surface area contributed by atoms with Crippen LogP contribution >= 0.6 is 15.9 Å². The van der Waals surface area contributed by atoms with Gasteiger partial charge in [-0.05, 0) is 30.3 Å². The van der Waals surface area contributed by atoms with E-state index in [9.17, 15) is 4.79 Å². The molecule has 0 spiro atoms. The number of hydrogen-bond acceptors (Lipinski definition) is 5. The van der Waals surface area contributed by atoms with E-state index in [1.165, 1.54) is 7.11 Å². The summed E-state index contributed by atoms with van der Waals surface area (Å²) in [5.74, 6) is 0.408. The van der Waals surface area contributed by atoms with Gasteiger partial charge in [-0.25, -0.2) is 0 Å². The van der Waals surface area contributed by atoms with E-state index < -0.39 is 0 Å². The average Bonchev–Trinajstić information content (AvgIpc) is 3.03. The molecule has 3 aromatic rings. The normalized spacial score (nSPS) is 10.3. The smallest absolute Gasteiger partial charge is 0.322 e. The first-order valence-corrected chi connectivity index (χ1v) is 7.50. The van der Waals surface area contributed by atoms with Gasteiger partial charge >= 0.3 is 6.01 Å². The predicted octanol–water partition coefficient (Wildman–Crippen LogP) is 3.76. The lowest BCUT2D eigenvalue weighted by Gasteiger charge is -2.06. The standard InChI is InChI=1S/C16H12BrN3O3/c1-22-13-8-3-2-7-12(13)14(21)18-16-20-19-15(23-16)10-5-4-6-11(17)9-10/h2-9H,1H3,(H,18,20,21). The van der Waals surface area contributed by atoms with Crippen molar-refractivity contribution in [2.75, 3.05) is 12.4 Å². The summed E-state index contributed by atoms with van der Waals surface area (Å²) >= 11 is 3.38. The van der Waals surface area contributed by atoms with Crippen molar-refractivity contribution in [1.82, 2.24) is 10.2 Å². The molecule has 2 aromatic carbocycles. The predicted molar refractivity (Wildman–Crippen MR) is 88.4 cm³/mol. The van der Waals surface area contributed by atoms with Gasteiger partial charge < -0.3 is 9.15 Å². The number of methoxy groups -OCH3 is 1. The fourth-order valence-corrected chi connectivity index (χ4v) is 2.41. The maximum Gasteiger partial charge on any atom is 0.322 e. The largest absolute Gasteiger partial charge is 0.496 e. The number of hydrogen-bond donors (Lipinski definition) is 1. The number of para-hydroxylation sites is 1. The van der Waals surface area contributed by atoms with Gasteiger partial charge in [0.25, 0.3) is 5.91 Å². The minimum atomic E-state index is -0.383. The van der Waals surface area contributed by atoms with Crippen molar-refractivity contribution in [2.24, 2.45) is 0 Å².